The summed E-state index contributed by atoms with van der Waals surface area (Å²) in [5, 5.41) is 25.4. The fourth-order valence-electron chi connectivity index (χ4n) is 4.27. The largest absolute Gasteiger partial charge is 0.462 e. The summed E-state index contributed by atoms with van der Waals surface area (Å²) in [5.41, 5.74) is -1.21. The maximum atomic E-state index is 13.4. The number of hydrogen-bond acceptors (Lipinski definition) is 7. The van der Waals surface area contributed by atoms with Crippen LogP contribution in [0.5, 0.6) is 0 Å². The van der Waals surface area contributed by atoms with Crippen LogP contribution in [0.2, 0.25) is 0 Å². The third-order valence-corrected chi connectivity index (χ3v) is 6.14. The van der Waals surface area contributed by atoms with Crippen molar-refractivity contribution in [1.82, 2.24) is 15.5 Å². The van der Waals surface area contributed by atoms with Crippen LogP contribution in [0.1, 0.15) is 24.0 Å². The minimum Gasteiger partial charge on any atom is -0.462 e. The van der Waals surface area contributed by atoms with Gasteiger partial charge in [-0.05, 0) is 55.1 Å². The first-order valence-electron chi connectivity index (χ1n) is 11.4. The molecular formula is C26H28N4O4. The zero-order valence-electron chi connectivity index (χ0n) is 18.8. The summed E-state index contributed by atoms with van der Waals surface area (Å²) in [6, 6.07) is 20.7. The van der Waals surface area contributed by atoms with E-state index in [-0.39, 0.29) is 18.4 Å². The molecular weight excluding hydrogens is 432 g/mol. The Morgan fingerprint density at radius 2 is 1.74 bits per heavy atom. The molecule has 8 nitrogen and oxygen atoms in total. The molecule has 34 heavy (non-hydrogen) atoms. The Hall–Kier alpha value is -3.62. The number of nitrogens with one attached hydrogen (secondary N) is 2. The Morgan fingerprint density at radius 1 is 1.06 bits per heavy atom. The molecule has 1 saturated heterocycles. The summed E-state index contributed by atoms with van der Waals surface area (Å²) in [5.74, 6) is -1.44. The van der Waals surface area contributed by atoms with Crippen molar-refractivity contribution in [2.24, 2.45) is 11.8 Å². The summed E-state index contributed by atoms with van der Waals surface area (Å²) < 4.78 is 5.68. The van der Waals surface area contributed by atoms with Crippen LogP contribution >= 0.6 is 0 Å². The van der Waals surface area contributed by atoms with Gasteiger partial charge in [-0.3, -0.25) is 4.79 Å². The van der Waals surface area contributed by atoms with Crippen LogP contribution in [-0.4, -0.2) is 46.9 Å². The molecule has 4 rings (SSSR count). The van der Waals surface area contributed by atoms with Crippen molar-refractivity contribution in [1.29, 1.82) is 0 Å². The molecule has 0 aliphatic carbocycles. The standard InChI is InChI=1S/C26H28N4O4/c31-24(29-23-14-8-16-28-30-23)22(19-9-7-15-27-17-19)18-34-25(32)26(33,20-10-3-1-4-11-20)21-12-5-2-6-13-21/h1-6,8,10-14,16,19,22,27,33H,7,9,15,17-18H2,(H,29,30,31)/t19-,22?/m0/s1. The van der Waals surface area contributed by atoms with E-state index in [9.17, 15) is 14.7 Å². The average Bonchev–Trinajstić information content (AvgIpc) is 2.90. The van der Waals surface area contributed by atoms with Crippen LogP contribution in [0.15, 0.2) is 79.0 Å². The Bertz CT molecular complexity index is 1030. The molecule has 0 saturated carbocycles. The van der Waals surface area contributed by atoms with Crippen molar-refractivity contribution in [2.75, 3.05) is 25.0 Å². The number of esters is 1. The van der Waals surface area contributed by atoms with E-state index >= 15 is 0 Å². The molecule has 3 N–H and O–H groups in total. The predicted molar refractivity (Wildman–Crippen MR) is 127 cm³/mol. The van der Waals surface area contributed by atoms with E-state index in [1.165, 1.54) is 6.20 Å². The Labute approximate surface area is 198 Å². The van der Waals surface area contributed by atoms with E-state index in [0.717, 1.165) is 19.4 Å². The molecule has 1 amide bonds. The molecule has 1 unspecified atom stereocenters. The fourth-order valence-corrected chi connectivity index (χ4v) is 4.27. The molecule has 2 aromatic carbocycles. The van der Waals surface area contributed by atoms with Gasteiger partial charge in [-0.2, -0.15) is 5.10 Å². The van der Waals surface area contributed by atoms with E-state index in [4.69, 9.17) is 4.74 Å². The van der Waals surface area contributed by atoms with Crippen molar-refractivity contribution in [3.05, 3.63) is 90.1 Å². The molecule has 3 aromatic rings. The van der Waals surface area contributed by atoms with Gasteiger partial charge in [0.25, 0.3) is 0 Å². The molecule has 0 bridgehead atoms. The van der Waals surface area contributed by atoms with Crippen molar-refractivity contribution in [2.45, 2.75) is 18.4 Å². The first-order valence-corrected chi connectivity index (χ1v) is 11.4. The van der Waals surface area contributed by atoms with Crippen molar-refractivity contribution < 1.29 is 19.4 Å². The first-order chi connectivity index (χ1) is 16.6. The lowest BCUT2D eigenvalue weighted by Gasteiger charge is -2.31. The highest BCUT2D eigenvalue weighted by atomic mass is 16.5. The number of aliphatic hydroxyl groups is 1. The summed E-state index contributed by atoms with van der Waals surface area (Å²) in [6.45, 7) is 1.35. The molecule has 1 aliphatic heterocycles. The molecule has 1 aromatic heterocycles. The fraction of sp³-hybridized carbons (Fsp3) is 0.308. The summed E-state index contributed by atoms with van der Waals surface area (Å²) in [6.07, 6.45) is 3.27. The van der Waals surface area contributed by atoms with Gasteiger partial charge in [0.2, 0.25) is 11.5 Å². The Kier molecular flexibility index (Phi) is 7.61. The maximum Gasteiger partial charge on any atom is 0.347 e. The number of amides is 1. The van der Waals surface area contributed by atoms with Crippen molar-refractivity contribution in [3.63, 3.8) is 0 Å². The van der Waals surface area contributed by atoms with Crippen LogP contribution < -0.4 is 10.6 Å². The SMILES string of the molecule is O=C(Nc1cccnn1)C(COC(=O)C(O)(c1ccccc1)c1ccccc1)[C@H]1CCCNC1. The highest BCUT2D eigenvalue weighted by Crippen LogP contribution is 2.32. The van der Waals surface area contributed by atoms with Gasteiger partial charge in [-0.15, -0.1) is 5.10 Å². The lowest BCUT2D eigenvalue weighted by Crippen LogP contribution is -2.44. The van der Waals surface area contributed by atoms with Gasteiger partial charge >= 0.3 is 5.97 Å². The van der Waals surface area contributed by atoms with Crippen molar-refractivity contribution >= 4 is 17.7 Å². The molecule has 8 heteroatoms. The minimum atomic E-state index is -2.00. The van der Waals surface area contributed by atoms with E-state index < -0.39 is 17.5 Å². The molecule has 176 valence electrons. The van der Waals surface area contributed by atoms with E-state index in [1.807, 2.05) is 12.1 Å². The molecule has 0 radical (unpaired) electrons. The third kappa shape index (κ3) is 5.30. The van der Waals surface area contributed by atoms with Crippen LogP contribution in [0.25, 0.3) is 0 Å². The van der Waals surface area contributed by atoms with Gasteiger partial charge in [0.15, 0.2) is 5.82 Å². The van der Waals surface area contributed by atoms with E-state index in [2.05, 4.69) is 20.8 Å². The van der Waals surface area contributed by atoms with E-state index in [0.29, 0.717) is 23.5 Å². The zero-order valence-corrected chi connectivity index (χ0v) is 18.8. The lowest BCUT2D eigenvalue weighted by molar-refractivity contribution is -0.164. The number of anilines is 1. The predicted octanol–water partition coefficient (Wildman–Crippen LogP) is 2.51. The molecule has 2 heterocycles. The van der Waals surface area contributed by atoms with Crippen molar-refractivity contribution in [3.8, 4) is 0 Å². The highest BCUT2D eigenvalue weighted by Gasteiger charge is 2.42. The Morgan fingerprint density at radius 3 is 2.29 bits per heavy atom. The number of piperidine rings is 1. The van der Waals surface area contributed by atoms with Gasteiger partial charge in [0.05, 0.1) is 5.92 Å². The number of carbonyl (C=O) groups excluding carboxylic acids is 2. The highest BCUT2D eigenvalue weighted by molar-refractivity contribution is 5.92. The van der Waals surface area contributed by atoms with Gasteiger partial charge in [0.1, 0.15) is 6.61 Å². The topological polar surface area (TPSA) is 113 Å². The normalized spacial score (nSPS) is 16.9. The number of ether oxygens (including phenoxy) is 1. The number of benzene rings is 2. The van der Waals surface area contributed by atoms with Gasteiger partial charge in [-0.25, -0.2) is 4.79 Å². The van der Waals surface area contributed by atoms with Crippen LogP contribution in [-0.2, 0) is 19.9 Å². The van der Waals surface area contributed by atoms with Gasteiger partial charge < -0.3 is 20.5 Å². The lowest BCUT2D eigenvalue weighted by atomic mass is 9.85. The number of rotatable bonds is 8. The summed E-state index contributed by atoms with van der Waals surface area (Å²) in [4.78, 5) is 26.5. The number of aromatic nitrogens is 2. The maximum absolute atomic E-state index is 13.4. The molecule has 2 atom stereocenters. The first kappa shape index (κ1) is 23.5. The van der Waals surface area contributed by atoms with Gasteiger partial charge in [0, 0.05) is 6.20 Å². The molecule has 1 aliphatic rings. The number of hydrogen-bond donors (Lipinski definition) is 3. The zero-order chi connectivity index (χ0) is 23.8. The van der Waals surface area contributed by atoms with Crippen LogP contribution in [0, 0.1) is 11.8 Å². The third-order valence-electron chi connectivity index (χ3n) is 6.14. The van der Waals surface area contributed by atoms with Crippen LogP contribution in [0.4, 0.5) is 5.82 Å². The monoisotopic (exact) mass is 460 g/mol. The van der Waals surface area contributed by atoms with Crippen LogP contribution in [0.3, 0.4) is 0 Å². The number of carbonyl (C=O) groups is 2. The summed E-state index contributed by atoms with van der Waals surface area (Å²) >= 11 is 0. The Balaban J connectivity index is 1.56. The average molecular weight is 461 g/mol. The smallest absolute Gasteiger partial charge is 0.347 e. The minimum absolute atomic E-state index is 0.0280. The quantitative estimate of drug-likeness (QED) is 0.443. The second-order valence-electron chi connectivity index (χ2n) is 8.35. The second kappa shape index (κ2) is 11.0. The second-order valence-corrected chi connectivity index (χ2v) is 8.35. The number of nitrogens with zero attached hydrogens (tertiary/aromatic N) is 2. The van der Waals surface area contributed by atoms with E-state index in [1.54, 1.807) is 60.7 Å². The van der Waals surface area contributed by atoms with Gasteiger partial charge in [-0.1, -0.05) is 60.7 Å². The summed E-state index contributed by atoms with van der Waals surface area (Å²) in [7, 11) is 0. The molecule has 0 spiro atoms. The molecule has 1 fully saturated rings.